The number of nitrogens with one attached hydrogen (secondary N) is 1. The van der Waals surface area contributed by atoms with E-state index in [1.165, 1.54) is 17.3 Å². The van der Waals surface area contributed by atoms with Crippen molar-refractivity contribution in [2.75, 3.05) is 11.1 Å². The van der Waals surface area contributed by atoms with Crippen molar-refractivity contribution in [2.24, 2.45) is 0 Å². The molecule has 0 aliphatic heterocycles. The number of carbonyl (C=O) groups is 1. The molecule has 176 valence electrons. The van der Waals surface area contributed by atoms with E-state index in [2.05, 4.69) is 55.3 Å². The summed E-state index contributed by atoms with van der Waals surface area (Å²) in [5.41, 5.74) is 4.25. The number of rotatable bonds is 9. The van der Waals surface area contributed by atoms with E-state index in [1.54, 1.807) is 0 Å². The van der Waals surface area contributed by atoms with Gasteiger partial charge in [-0.3, -0.25) is 4.79 Å². The zero-order valence-electron chi connectivity index (χ0n) is 20.5. The Morgan fingerprint density at radius 2 is 1.64 bits per heavy atom. The molecule has 3 rings (SSSR count). The van der Waals surface area contributed by atoms with Gasteiger partial charge in [0.2, 0.25) is 5.91 Å². The maximum Gasteiger partial charge on any atom is 0.234 e. The van der Waals surface area contributed by atoms with E-state index in [4.69, 9.17) is 4.74 Å². The average Bonchev–Trinajstić information content (AvgIpc) is 3.20. The standard InChI is InChI=1S/C26H34N4O2S/c1-16(2)21-11-13-22(14-12-21)32-20(7)25-28-29-26(30(25)17(3)4)33-15-23(31)27-24-18(5)9-8-10-19(24)6/h8-14,16-17,20H,15H2,1-7H3,(H,27,31). The quantitative estimate of drug-likeness (QED) is 0.366. The second kappa shape index (κ2) is 10.9. The van der Waals surface area contributed by atoms with Crippen LogP contribution in [-0.4, -0.2) is 26.4 Å². The average molecular weight is 467 g/mol. The topological polar surface area (TPSA) is 69.0 Å². The van der Waals surface area contributed by atoms with Crippen molar-refractivity contribution in [3.63, 3.8) is 0 Å². The zero-order chi connectivity index (χ0) is 24.1. The summed E-state index contributed by atoms with van der Waals surface area (Å²) in [6.45, 7) is 14.5. The molecule has 0 radical (unpaired) electrons. The van der Waals surface area contributed by atoms with Crippen molar-refractivity contribution < 1.29 is 9.53 Å². The van der Waals surface area contributed by atoms with Crippen LogP contribution in [0.15, 0.2) is 47.6 Å². The predicted molar refractivity (Wildman–Crippen MR) is 135 cm³/mol. The first-order valence-electron chi connectivity index (χ1n) is 11.4. The van der Waals surface area contributed by atoms with E-state index in [9.17, 15) is 4.79 Å². The molecule has 1 aromatic heterocycles. The summed E-state index contributed by atoms with van der Waals surface area (Å²) in [7, 11) is 0. The minimum absolute atomic E-state index is 0.0632. The van der Waals surface area contributed by atoms with Crippen LogP contribution in [0.25, 0.3) is 0 Å². The summed E-state index contributed by atoms with van der Waals surface area (Å²) in [5, 5.41) is 12.5. The predicted octanol–water partition coefficient (Wildman–Crippen LogP) is 6.47. The summed E-state index contributed by atoms with van der Waals surface area (Å²) in [6, 6.07) is 14.3. The number of carbonyl (C=O) groups excluding carboxylic acids is 1. The maximum atomic E-state index is 12.6. The number of aryl methyl sites for hydroxylation is 2. The van der Waals surface area contributed by atoms with Gasteiger partial charge in [0, 0.05) is 11.7 Å². The maximum absolute atomic E-state index is 12.6. The Bertz CT molecular complexity index is 1070. The van der Waals surface area contributed by atoms with Crippen LogP contribution in [0.2, 0.25) is 0 Å². The van der Waals surface area contributed by atoms with E-state index in [1.807, 2.05) is 55.7 Å². The van der Waals surface area contributed by atoms with E-state index in [0.717, 1.165) is 28.4 Å². The van der Waals surface area contributed by atoms with Crippen LogP contribution in [-0.2, 0) is 4.79 Å². The second-order valence-corrected chi connectivity index (χ2v) is 9.83. The summed E-state index contributed by atoms with van der Waals surface area (Å²) in [6.07, 6.45) is -0.275. The third-order valence-corrected chi connectivity index (χ3v) is 6.45. The number of hydrogen-bond acceptors (Lipinski definition) is 5. The number of thioether (sulfide) groups is 1. The Hall–Kier alpha value is -2.80. The normalized spacial score (nSPS) is 12.3. The fourth-order valence-corrected chi connectivity index (χ4v) is 4.53. The van der Waals surface area contributed by atoms with Crippen molar-refractivity contribution in [3.8, 4) is 5.75 Å². The van der Waals surface area contributed by atoms with Gasteiger partial charge in [-0.05, 0) is 69.4 Å². The number of hydrogen-bond donors (Lipinski definition) is 1. The molecule has 33 heavy (non-hydrogen) atoms. The Balaban J connectivity index is 1.69. The minimum atomic E-state index is -0.275. The molecule has 7 heteroatoms. The largest absolute Gasteiger partial charge is 0.483 e. The van der Waals surface area contributed by atoms with Crippen LogP contribution in [0.3, 0.4) is 0 Å². The summed E-state index contributed by atoms with van der Waals surface area (Å²) >= 11 is 1.39. The van der Waals surface area contributed by atoms with Gasteiger partial charge in [0.15, 0.2) is 17.1 Å². The first-order chi connectivity index (χ1) is 15.7. The van der Waals surface area contributed by atoms with Crippen molar-refractivity contribution in [1.82, 2.24) is 14.8 Å². The number of amides is 1. The second-order valence-electron chi connectivity index (χ2n) is 8.89. The molecule has 0 saturated carbocycles. The first-order valence-corrected chi connectivity index (χ1v) is 12.4. The smallest absolute Gasteiger partial charge is 0.234 e. The van der Waals surface area contributed by atoms with Crippen LogP contribution in [0.1, 0.15) is 75.2 Å². The molecule has 3 aromatic rings. The van der Waals surface area contributed by atoms with Crippen LogP contribution in [0.5, 0.6) is 5.75 Å². The van der Waals surface area contributed by atoms with Gasteiger partial charge in [-0.2, -0.15) is 0 Å². The molecule has 0 aliphatic carbocycles. The highest BCUT2D eigenvalue weighted by Gasteiger charge is 2.22. The minimum Gasteiger partial charge on any atom is -0.483 e. The highest BCUT2D eigenvalue weighted by molar-refractivity contribution is 7.99. The van der Waals surface area contributed by atoms with Gasteiger partial charge in [0.05, 0.1) is 5.75 Å². The molecule has 0 fully saturated rings. The monoisotopic (exact) mass is 466 g/mol. The molecule has 6 nitrogen and oxygen atoms in total. The van der Waals surface area contributed by atoms with Gasteiger partial charge in [0.25, 0.3) is 0 Å². The Morgan fingerprint density at radius 3 is 2.21 bits per heavy atom. The Kier molecular flexibility index (Phi) is 8.19. The van der Waals surface area contributed by atoms with Gasteiger partial charge in [-0.25, -0.2) is 0 Å². The molecule has 1 heterocycles. The molecule has 0 aliphatic rings. The molecular formula is C26H34N4O2S. The fourth-order valence-electron chi connectivity index (χ4n) is 3.65. The van der Waals surface area contributed by atoms with Crippen LogP contribution >= 0.6 is 11.8 Å². The molecule has 0 saturated heterocycles. The first kappa shape index (κ1) is 24.8. The summed E-state index contributed by atoms with van der Waals surface area (Å²) < 4.78 is 8.20. The Morgan fingerprint density at radius 1 is 1.00 bits per heavy atom. The molecule has 1 amide bonds. The molecule has 1 unspecified atom stereocenters. The molecular weight excluding hydrogens is 432 g/mol. The number of anilines is 1. The molecule has 1 atom stereocenters. The number of nitrogens with zero attached hydrogens (tertiary/aromatic N) is 3. The zero-order valence-corrected chi connectivity index (χ0v) is 21.4. The highest BCUT2D eigenvalue weighted by Crippen LogP contribution is 2.29. The van der Waals surface area contributed by atoms with Crippen molar-refractivity contribution in [1.29, 1.82) is 0 Å². The summed E-state index contributed by atoms with van der Waals surface area (Å²) in [4.78, 5) is 12.6. The van der Waals surface area contributed by atoms with Gasteiger partial charge < -0.3 is 14.6 Å². The lowest BCUT2D eigenvalue weighted by molar-refractivity contribution is -0.113. The van der Waals surface area contributed by atoms with Crippen molar-refractivity contribution in [3.05, 3.63) is 65.0 Å². The SMILES string of the molecule is Cc1cccc(C)c1NC(=O)CSc1nnc(C(C)Oc2ccc(C(C)C)cc2)n1C(C)C. The van der Waals surface area contributed by atoms with E-state index in [-0.39, 0.29) is 23.8 Å². The van der Waals surface area contributed by atoms with E-state index >= 15 is 0 Å². The lowest BCUT2D eigenvalue weighted by Crippen LogP contribution is -2.17. The Labute approximate surface area is 201 Å². The van der Waals surface area contributed by atoms with E-state index in [0.29, 0.717) is 11.1 Å². The van der Waals surface area contributed by atoms with Crippen LogP contribution in [0, 0.1) is 13.8 Å². The van der Waals surface area contributed by atoms with Crippen LogP contribution < -0.4 is 10.1 Å². The molecule has 0 spiro atoms. The fraction of sp³-hybridized carbons (Fsp3) is 0.423. The number of aromatic nitrogens is 3. The van der Waals surface area contributed by atoms with Gasteiger partial charge in [-0.1, -0.05) is 55.9 Å². The third kappa shape index (κ3) is 6.16. The number of ether oxygens (including phenoxy) is 1. The number of para-hydroxylation sites is 1. The van der Waals surface area contributed by atoms with Crippen LogP contribution in [0.4, 0.5) is 5.69 Å². The lowest BCUT2D eigenvalue weighted by atomic mass is 10.0. The number of benzene rings is 2. The lowest BCUT2D eigenvalue weighted by Gasteiger charge is -2.19. The van der Waals surface area contributed by atoms with E-state index < -0.39 is 0 Å². The van der Waals surface area contributed by atoms with Crippen molar-refractivity contribution in [2.45, 2.75) is 71.7 Å². The van der Waals surface area contributed by atoms with Gasteiger partial charge in [0.1, 0.15) is 5.75 Å². The van der Waals surface area contributed by atoms with Gasteiger partial charge in [-0.15, -0.1) is 10.2 Å². The molecule has 2 aromatic carbocycles. The summed E-state index contributed by atoms with van der Waals surface area (Å²) in [5.74, 6) is 2.21. The van der Waals surface area contributed by atoms with Crippen molar-refractivity contribution >= 4 is 23.4 Å². The molecule has 1 N–H and O–H groups in total. The highest BCUT2D eigenvalue weighted by atomic mass is 32.2. The van der Waals surface area contributed by atoms with Gasteiger partial charge >= 0.3 is 0 Å². The molecule has 0 bridgehead atoms. The third-order valence-electron chi connectivity index (χ3n) is 5.51.